The van der Waals surface area contributed by atoms with Gasteiger partial charge in [0.2, 0.25) is 0 Å². The molecule has 0 fully saturated rings. The Bertz CT molecular complexity index is 756. The minimum Gasteiger partial charge on any atom is -0.481 e. The molecule has 2 amide bonds. The molecule has 0 radical (unpaired) electrons. The lowest BCUT2D eigenvalue weighted by atomic mass is 10.3. The van der Waals surface area contributed by atoms with Crippen molar-refractivity contribution >= 4 is 35.0 Å². The molecule has 126 valence electrons. The number of hydrogen-bond donors (Lipinski definition) is 2. The molecule has 2 N–H and O–H groups in total. The summed E-state index contributed by atoms with van der Waals surface area (Å²) >= 11 is 11.4. The summed E-state index contributed by atoms with van der Waals surface area (Å²) in [6, 6.07) is 6.51. The Labute approximate surface area is 146 Å². The normalized spacial score (nSPS) is 11.5. The van der Waals surface area contributed by atoms with Gasteiger partial charge in [-0.25, -0.2) is 9.37 Å². The van der Waals surface area contributed by atoms with E-state index in [1.807, 2.05) is 0 Å². The Morgan fingerprint density at radius 3 is 2.50 bits per heavy atom. The third kappa shape index (κ3) is 4.81. The molecule has 2 rings (SSSR count). The molecule has 1 aromatic heterocycles. The number of hydrogen-bond acceptors (Lipinski definition) is 4. The molecule has 0 aliphatic carbocycles. The average molecular weight is 372 g/mol. The summed E-state index contributed by atoms with van der Waals surface area (Å²) in [5, 5.41) is 0.183. The van der Waals surface area contributed by atoms with Gasteiger partial charge in [0.1, 0.15) is 16.7 Å². The number of nitrogens with zero attached hydrogens (tertiary/aromatic N) is 1. The first-order chi connectivity index (χ1) is 11.4. The van der Waals surface area contributed by atoms with Crippen LogP contribution in [0.3, 0.4) is 0 Å². The predicted molar refractivity (Wildman–Crippen MR) is 86.4 cm³/mol. The van der Waals surface area contributed by atoms with Crippen LogP contribution in [0, 0.1) is 5.82 Å². The van der Waals surface area contributed by atoms with E-state index in [4.69, 9.17) is 27.9 Å². The van der Waals surface area contributed by atoms with Gasteiger partial charge in [0.25, 0.3) is 11.8 Å². The van der Waals surface area contributed by atoms with Crippen LogP contribution in [-0.2, 0) is 4.79 Å². The van der Waals surface area contributed by atoms with E-state index in [2.05, 4.69) is 15.8 Å². The highest BCUT2D eigenvalue weighted by atomic mass is 35.5. The average Bonchev–Trinajstić information content (AvgIpc) is 2.56. The van der Waals surface area contributed by atoms with E-state index in [9.17, 15) is 14.0 Å². The van der Waals surface area contributed by atoms with Gasteiger partial charge in [0.15, 0.2) is 6.10 Å². The lowest BCUT2D eigenvalue weighted by molar-refractivity contribution is -0.128. The smallest absolute Gasteiger partial charge is 0.279 e. The van der Waals surface area contributed by atoms with Crippen molar-refractivity contribution in [2.45, 2.75) is 13.0 Å². The second kappa shape index (κ2) is 7.94. The van der Waals surface area contributed by atoms with E-state index in [1.165, 1.54) is 43.5 Å². The largest absolute Gasteiger partial charge is 0.481 e. The molecule has 24 heavy (non-hydrogen) atoms. The Hall–Kier alpha value is -2.38. The summed E-state index contributed by atoms with van der Waals surface area (Å²) in [7, 11) is 0. The lowest BCUT2D eigenvalue weighted by Gasteiger charge is -2.15. The molecular weight excluding hydrogens is 360 g/mol. The monoisotopic (exact) mass is 371 g/mol. The van der Waals surface area contributed by atoms with Crippen molar-refractivity contribution in [2.24, 2.45) is 0 Å². The second-order valence-electron chi connectivity index (χ2n) is 4.65. The minimum atomic E-state index is -0.914. The fourth-order valence-corrected chi connectivity index (χ4v) is 1.88. The molecule has 1 unspecified atom stereocenters. The molecular formula is C15H12Cl2FN3O3. The van der Waals surface area contributed by atoms with Crippen molar-refractivity contribution in [3.05, 3.63) is 58.1 Å². The van der Waals surface area contributed by atoms with Crippen molar-refractivity contribution in [3.63, 3.8) is 0 Å². The van der Waals surface area contributed by atoms with Gasteiger partial charge >= 0.3 is 0 Å². The van der Waals surface area contributed by atoms with Gasteiger partial charge in [0, 0.05) is 6.20 Å². The summed E-state index contributed by atoms with van der Waals surface area (Å²) in [5.74, 6) is -1.31. The number of nitrogens with one attached hydrogen (secondary N) is 2. The van der Waals surface area contributed by atoms with Crippen LogP contribution in [-0.4, -0.2) is 22.9 Å². The number of pyridine rings is 1. The number of benzene rings is 1. The molecule has 9 heteroatoms. The number of ether oxygens (including phenoxy) is 1. The van der Waals surface area contributed by atoms with Crippen LogP contribution in [0.4, 0.5) is 4.39 Å². The number of aromatic nitrogens is 1. The van der Waals surface area contributed by atoms with Gasteiger partial charge in [-0.3, -0.25) is 20.4 Å². The van der Waals surface area contributed by atoms with Crippen LogP contribution in [0.25, 0.3) is 0 Å². The Kier molecular flexibility index (Phi) is 5.94. The standard InChI is InChI=1S/C15H12Cl2FN3O3/c1-8(24-11-4-2-10(18)3-5-11)14(22)20-21-15(23)9-6-12(16)13(17)19-7-9/h2-8H,1H3,(H,20,22)(H,21,23). The molecule has 0 spiro atoms. The van der Waals surface area contributed by atoms with Crippen LogP contribution in [0.15, 0.2) is 36.5 Å². The Morgan fingerprint density at radius 1 is 1.21 bits per heavy atom. The number of amides is 2. The fourth-order valence-electron chi connectivity index (χ4n) is 1.61. The van der Waals surface area contributed by atoms with Crippen molar-refractivity contribution in [1.29, 1.82) is 0 Å². The molecule has 1 atom stereocenters. The quantitative estimate of drug-likeness (QED) is 0.639. The van der Waals surface area contributed by atoms with Crippen LogP contribution >= 0.6 is 23.2 Å². The van der Waals surface area contributed by atoms with E-state index in [0.717, 1.165) is 0 Å². The topological polar surface area (TPSA) is 80.3 Å². The van der Waals surface area contributed by atoms with Gasteiger partial charge in [0.05, 0.1) is 10.6 Å². The molecule has 1 heterocycles. The number of rotatable bonds is 4. The lowest BCUT2D eigenvalue weighted by Crippen LogP contribution is -2.47. The van der Waals surface area contributed by atoms with Crippen molar-refractivity contribution in [2.75, 3.05) is 0 Å². The van der Waals surface area contributed by atoms with Gasteiger partial charge in [-0.2, -0.15) is 0 Å². The molecule has 1 aromatic carbocycles. The third-order valence-electron chi connectivity index (χ3n) is 2.85. The van der Waals surface area contributed by atoms with Crippen molar-refractivity contribution in [3.8, 4) is 5.75 Å². The van der Waals surface area contributed by atoms with E-state index in [1.54, 1.807) is 0 Å². The van der Waals surface area contributed by atoms with Crippen LogP contribution in [0.2, 0.25) is 10.2 Å². The second-order valence-corrected chi connectivity index (χ2v) is 5.42. The first kappa shape index (κ1) is 18.0. The van der Waals surface area contributed by atoms with Crippen LogP contribution < -0.4 is 15.6 Å². The molecule has 0 saturated carbocycles. The molecule has 0 saturated heterocycles. The minimum absolute atomic E-state index is 0.0681. The predicted octanol–water partition coefficient (Wildman–Crippen LogP) is 2.76. The van der Waals surface area contributed by atoms with Crippen molar-refractivity contribution < 1.29 is 18.7 Å². The van der Waals surface area contributed by atoms with Gasteiger partial charge < -0.3 is 4.74 Å². The van der Waals surface area contributed by atoms with Gasteiger partial charge in [-0.15, -0.1) is 0 Å². The summed E-state index contributed by atoms with van der Waals surface area (Å²) in [5.41, 5.74) is 4.53. The zero-order valence-electron chi connectivity index (χ0n) is 12.3. The Morgan fingerprint density at radius 2 is 1.88 bits per heavy atom. The fraction of sp³-hybridized carbons (Fsp3) is 0.133. The molecule has 0 aliphatic rings. The first-order valence-corrected chi connectivity index (χ1v) is 7.46. The van der Waals surface area contributed by atoms with E-state index in [-0.39, 0.29) is 15.7 Å². The van der Waals surface area contributed by atoms with Crippen LogP contribution in [0.1, 0.15) is 17.3 Å². The number of carbonyl (C=O) groups excluding carboxylic acids is 2. The maximum absolute atomic E-state index is 12.8. The van der Waals surface area contributed by atoms with Gasteiger partial charge in [-0.05, 0) is 37.3 Å². The van der Waals surface area contributed by atoms with Gasteiger partial charge in [-0.1, -0.05) is 23.2 Å². The van der Waals surface area contributed by atoms with E-state index >= 15 is 0 Å². The summed E-state index contributed by atoms with van der Waals surface area (Å²) in [6.07, 6.45) is 0.302. The zero-order chi connectivity index (χ0) is 17.7. The first-order valence-electron chi connectivity index (χ1n) is 6.70. The number of halogens is 3. The molecule has 0 bridgehead atoms. The maximum atomic E-state index is 12.8. The number of hydrazine groups is 1. The van der Waals surface area contributed by atoms with E-state index in [0.29, 0.717) is 5.75 Å². The summed E-state index contributed by atoms with van der Waals surface area (Å²) in [4.78, 5) is 27.5. The van der Waals surface area contributed by atoms with Crippen LogP contribution in [0.5, 0.6) is 5.75 Å². The van der Waals surface area contributed by atoms with Crippen molar-refractivity contribution in [1.82, 2.24) is 15.8 Å². The highest BCUT2D eigenvalue weighted by Crippen LogP contribution is 2.19. The van der Waals surface area contributed by atoms with E-state index < -0.39 is 23.7 Å². The highest BCUT2D eigenvalue weighted by Gasteiger charge is 2.16. The zero-order valence-corrected chi connectivity index (χ0v) is 13.9. The summed E-state index contributed by atoms with van der Waals surface area (Å²) < 4.78 is 18.1. The third-order valence-corrected chi connectivity index (χ3v) is 3.54. The molecule has 2 aromatic rings. The SMILES string of the molecule is CC(Oc1ccc(F)cc1)C(=O)NNC(=O)c1cnc(Cl)c(Cl)c1. The maximum Gasteiger partial charge on any atom is 0.279 e. The Balaban J connectivity index is 1.88. The molecule has 0 aliphatic heterocycles. The number of carbonyl (C=O) groups is 2. The summed E-state index contributed by atoms with van der Waals surface area (Å²) in [6.45, 7) is 1.48. The highest BCUT2D eigenvalue weighted by molar-refractivity contribution is 6.41. The molecule has 6 nitrogen and oxygen atoms in total.